The maximum absolute atomic E-state index is 5.67. The van der Waals surface area contributed by atoms with Gasteiger partial charge >= 0.3 is 0 Å². The Hall–Kier alpha value is -0.970. The summed E-state index contributed by atoms with van der Waals surface area (Å²) < 4.78 is 16.5. The van der Waals surface area contributed by atoms with Gasteiger partial charge in [0.1, 0.15) is 11.8 Å². The van der Waals surface area contributed by atoms with Crippen molar-refractivity contribution in [1.29, 1.82) is 0 Å². The second-order valence-corrected chi connectivity index (χ2v) is 3.45. The molecular weight excluding hydrogens is 194 g/mol. The fourth-order valence-electron chi connectivity index (χ4n) is 1.98. The Bertz CT molecular complexity index is 317. The molecule has 2 atom stereocenters. The SMILES string of the molecule is COC1CCOC1(OC)c1ccccn1. The predicted molar refractivity (Wildman–Crippen MR) is 54.3 cm³/mol. The molecule has 0 radical (unpaired) electrons. The number of nitrogens with zero attached hydrogens (tertiary/aromatic N) is 1. The highest BCUT2D eigenvalue weighted by Gasteiger charge is 2.48. The number of methoxy groups -OCH3 is 2. The van der Waals surface area contributed by atoms with Gasteiger partial charge in [-0.15, -0.1) is 0 Å². The van der Waals surface area contributed by atoms with Gasteiger partial charge in [0.2, 0.25) is 5.79 Å². The zero-order chi connectivity index (χ0) is 10.7. The summed E-state index contributed by atoms with van der Waals surface area (Å²) in [4.78, 5) is 4.27. The largest absolute Gasteiger partial charge is 0.375 e. The molecule has 1 aromatic rings. The van der Waals surface area contributed by atoms with Crippen LogP contribution in [-0.2, 0) is 20.0 Å². The predicted octanol–water partition coefficient (Wildman–Crippen LogP) is 1.32. The summed E-state index contributed by atoms with van der Waals surface area (Å²) in [6.07, 6.45) is 2.45. The normalized spacial score (nSPS) is 30.7. The molecule has 1 fully saturated rings. The summed E-state index contributed by atoms with van der Waals surface area (Å²) in [6, 6.07) is 5.67. The third-order valence-corrected chi connectivity index (χ3v) is 2.73. The van der Waals surface area contributed by atoms with Crippen LogP contribution in [0.2, 0.25) is 0 Å². The lowest BCUT2D eigenvalue weighted by Crippen LogP contribution is -2.40. The molecular formula is C11H15NO3. The summed E-state index contributed by atoms with van der Waals surface area (Å²) in [7, 11) is 3.28. The minimum atomic E-state index is -0.837. The monoisotopic (exact) mass is 209 g/mol. The zero-order valence-electron chi connectivity index (χ0n) is 8.97. The van der Waals surface area contributed by atoms with Gasteiger partial charge in [-0.2, -0.15) is 0 Å². The third kappa shape index (κ3) is 1.65. The maximum atomic E-state index is 5.67. The maximum Gasteiger partial charge on any atom is 0.239 e. The summed E-state index contributed by atoms with van der Waals surface area (Å²) in [5, 5.41) is 0. The first-order valence-electron chi connectivity index (χ1n) is 4.97. The third-order valence-electron chi connectivity index (χ3n) is 2.73. The van der Waals surface area contributed by atoms with E-state index >= 15 is 0 Å². The van der Waals surface area contributed by atoms with Crippen molar-refractivity contribution in [2.75, 3.05) is 20.8 Å². The average Bonchev–Trinajstić information content (AvgIpc) is 2.74. The van der Waals surface area contributed by atoms with E-state index in [4.69, 9.17) is 14.2 Å². The Kier molecular flexibility index (Phi) is 3.00. The molecule has 4 heteroatoms. The molecule has 2 rings (SSSR count). The van der Waals surface area contributed by atoms with Crippen LogP contribution in [0.15, 0.2) is 24.4 Å². The summed E-state index contributed by atoms with van der Waals surface area (Å²) >= 11 is 0. The van der Waals surface area contributed by atoms with Crippen molar-refractivity contribution in [3.63, 3.8) is 0 Å². The summed E-state index contributed by atoms with van der Waals surface area (Å²) in [5.41, 5.74) is 0.761. The van der Waals surface area contributed by atoms with Crippen molar-refractivity contribution in [1.82, 2.24) is 4.98 Å². The highest BCUT2D eigenvalue weighted by Crippen LogP contribution is 2.37. The van der Waals surface area contributed by atoms with E-state index in [9.17, 15) is 0 Å². The van der Waals surface area contributed by atoms with E-state index < -0.39 is 5.79 Å². The first-order chi connectivity index (χ1) is 7.33. The molecule has 1 aromatic heterocycles. The van der Waals surface area contributed by atoms with Crippen molar-refractivity contribution in [2.45, 2.75) is 18.3 Å². The Labute approximate surface area is 89.2 Å². The van der Waals surface area contributed by atoms with E-state index in [1.807, 2.05) is 18.2 Å². The lowest BCUT2D eigenvalue weighted by Gasteiger charge is -2.31. The van der Waals surface area contributed by atoms with E-state index in [1.165, 1.54) is 0 Å². The molecule has 15 heavy (non-hydrogen) atoms. The molecule has 82 valence electrons. The van der Waals surface area contributed by atoms with Gasteiger partial charge < -0.3 is 14.2 Å². The molecule has 2 heterocycles. The van der Waals surface area contributed by atoms with Gasteiger partial charge in [-0.1, -0.05) is 6.07 Å². The zero-order valence-corrected chi connectivity index (χ0v) is 8.97. The molecule has 2 unspecified atom stereocenters. The van der Waals surface area contributed by atoms with Crippen LogP contribution in [-0.4, -0.2) is 31.9 Å². The van der Waals surface area contributed by atoms with Crippen LogP contribution in [0, 0.1) is 0 Å². The number of aromatic nitrogens is 1. The van der Waals surface area contributed by atoms with Crippen LogP contribution in [0.4, 0.5) is 0 Å². The molecule has 4 nitrogen and oxygen atoms in total. The molecule has 0 N–H and O–H groups in total. The van der Waals surface area contributed by atoms with Gasteiger partial charge in [0.05, 0.1) is 6.61 Å². The molecule has 0 aliphatic carbocycles. The summed E-state index contributed by atoms with van der Waals surface area (Å²) in [5.74, 6) is -0.837. The first kappa shape index (κ1) is 10.5. The highest BCUT2D eigenvalue weighted by atomic mass is 16.7. The quantitative estimate of drug-likeness (QED) is 0.752. The molecule has 0 aromatic carbocycles. The fraction of sp³-hybridized carbons (Fsp3) is 0.545. The van der Waals surface area contributed by atoms with Crippen molar-refractivity contribution in [2.24, 2.45) is 0 Å². The Morgan fingerprint density at radius 1 is 1.47 bits per heavy atom. The summed E-state index contributed by atoms with van der Waals surface area (Å²) in [6.45, 7) is 0.628. The van der Waals surface area contributed by atoms with E-state index in [2.05, 4.69) is 4.98 Å². The van der Waals surface area contributed by atoms with Crippen LogP contribution in [0.5, 0.6) is 0 Å². The molecule has 1 aliphatic rings. The Morgan fingerprint density at radius 3 is 2.93 bits per heavy atom. The van der Waals surface area contributed by atoms with Crippen LogP contribution in [0.1, 0.15) is 12.1 Å². The number of rotatable bonds is 3. The number of ether oxygens (including phenoxy) is 3. The standard InChI is InChI=1S/C11H15NO3/c1-13-10-6-8-15-11(10,14-2)9-5-3-4-7-12-9/h3-5,7,10H,6,8H2,1-2H3. The van der Waals surface area contributed by atoms with Crippen LogP contribution >= 0.6 is 0 Å². The Morgan fingerprint density at radius 2 is 2.33 bits per heavy atom. The minimum absolute atomic E-state index is 0.0996. The van der Waals surface area contributed by atoms with Crippen molar-refractivity contribution in [3.8, 4) is 0 Å². The molecule has 0 amide bonds. The fourth-order valence-corrected chi connectivity index (χ4v) is 1.98. The second kappa shape index (κ2) is 4.26. The van der Waals surface area contributed by atoms with Gasteiger partial charge in [-0.3, -0.25) is 4.98 Å². The highest BCUT2D eigenvalue weighted by molar-refractivity contribution is 5.14. The van der Waals surface area contributed by atoms with Gasteiger partial charge in [0, 0.05) is 26.8 Å². The van der Waals surface area contributed by atoms with E-state index in [1.54, 1.807) is 20.4 Å². The lowest BCUT2D eigenvalue weighted by atomic mass is 10.1. The molecule has 1 aliphatic heterocycles. The van der Waals surface area contributed by atoms with E-state index in [0.29, 0.717) is 6.61 Å². The minimum Gasteiger partial charge on any atom is -0.375 e. The van der Waals surface area contributed by atoms with E-state index in [0.717, 1.165) is 12.1 Å². The number of pyridine rings is 1. The topological polar surface area (TPSA) is 40.6 Å². The van der Waals surface area contributed by atoms with Gasteiger partial charge in [-0.25, -0.2) is 0 Å². The van der Waals surface area contributed by atoms with Crippen molar-refractivity contribution < 1.29 is 14.2 Å². The van der Waals surface area contributed by atoms with Gasteiger partial charge in [0.15, 0.2) is 0 Å². The van der Waals surface area contributed by atoms with Crippen molar-refractivity contribution in [3.05, 3.63) is 30.1 Å². The Balaban J connectivity index is 2.36. The van der Waals surface area contributed by atoms with Gasteiger partial charge in [-0.05, 0) is 12.1 Å². The molecule has 0 spiro atoms. The number of hydrogen-bond donors (Lipinski definition) is 0. The first-order valence-corrected chi connectivity index (χ1v) is 4.97. The molecule has 1 saturated heterocycles. The van der Waals surface area contributed by atoms with Crippen LogP contribution in [0.3, 0.4) is 0 Å². The lowest BCUT2D eigenvalue weighted by molar-refractivity contribution is -0.248. The van der Waals surface area contributed by atoms with Crippen LogP contribution in [0.25, 0.3) is 0 Å². The molecule has 0 bridgehead atoms. The van der Waals surface area contributed by atoms with Crippen molar-refractivity contribution >= 4 is 0 Å². The average molecular weight is 209 g/mol. The van der Waals surface area contributed by atoms with E-state index in [-0.39, 0.29) is 6.10 Å². The smallest absolute Gasteiger partial charge is 0.239 e. The second-order valence-electron chi connectivity index (χ2n) is 3.45. The van der Waals surface area contributed by atoms with Crippen LogP contribution < -0.4 is 0 Å². The number of hydrogen-bond acceptors (Lipinski definition) is 4. The molecule has 0 saturated carbocycles. The van der Waals surface area contributed by atoms with Gasteiger partial charge in [0.25, 0.3) is 0 Å².